The van der Waals surface area contributed by atoms with Crippen LogP contribution >= 0.6 is 22.7 Å². The van der Waals surface area contributed by atoms with Crippen molar-refractivity contribution in [2.75, 3.05) is 0 Å². The summed E-state index contributed by atoms with van der Waals surface area (Å²) in [5, 5.41) is 11.9. The zero-order chi connectivity index (χ0) is 15.5. The summed E-state index contributed by atoms with van der Waals surface area (Å²) in [6, 6.07) is 5.85. The number of carbonyl (C=O) groups is 1. The molecule has 0 aliphatic heterocycles. The van der Waals surface area contributed by atoms with Crippen LogP contribution in [0.15, 0.2) is 35.2 Å². The third kappa shape index (κ3) is 2.95. The molecule has 0 bridgehead atoms. The predicted molar refractivity (Wildman–Crippen MR) is 89.1 cm³/mol. The Kier molecular flexibility index (Phi) is 4.35. The highest BCUT2D eigenvalue weighted by Crippen LogP contribution is 2.28. The lowest BCUT2D eigenvalue weighted by atomic mass is 10.1. The van der Waals surface area contributed by atoms with Gasteiger partial charge in [0.05, 0.1) is 16.6 Å². The van der Waals surface area contributed by atoms with Crippen molar-refractivity contribution in [2.24, 2.45) is 7.05 Å². The summed E-state index contributed by atoms with van der Waals surface area (Å²) in [5.74, 6) is -0.146. The highest BCUT2D eigenvalue weighted by atomic mass is 32.1. The van der Waals surface area contributed by atoms with Gasteiger partial charge < -0.3 is 5.32 Å². The number of thiophene rings is 1. The maximum absolute atomic E-state index is 12.4. The molecule has 7 heteroatoms. The molecule has 22 heavy (non-hydrogen) atoms. The quantitative estimate of drug-likeness (QED) is 0.778. The predicted octanol–water partition coefficient (Wildman–Crippen LogP) is 3.49. The molecule has 1 atom stereocenters. The number of aromatic nitrogens is 3. The molecule has 114 valence electrons. The van der Waals surface area contributed by atoms with Crippen LogP contribution < -0.4 is 5.32 Å². The van der Waals surface area contributed by atoms with Crippen LogP contribution in [0, 0.1) is 0 Å². The van der Waals surface area contributed by atoms with Gasteiger partial charge in [-0.15, -0.1) is 22.7 Å². The molecule has 0 radical (unpaired) electrons. The van der Waals surface area contributed by atoms with E-state index in [-0.39, 0.29) is 11.9 Å². The Labute approximate surface area is 136 Å². The van der Waals surface area contributed by atoms with Crippen molar-refractivity contribution < 1.29 is 4.79 Å². The molecule has 3 heterocycles. The van der Waals surface area contributed by atoms with E-state index in [0.29, 0.717) is 5.69 Å². The Bertz CT molecular complexity index is 760. The number of hydrogen-bond acceptors (Lipinski definition) is 5. The van der Waals surface area contributed by atoms with Crippen LogP contribution in [-0.2, 0) is 7.05 Å². The van der Waals surface area contributed by atoms with E-state index in [9.17, 15) is 4.79 Å². The van der Waals surface area contributed by atoms with Crippen molar-refractivity contribution in [3.8, 4) is 9.88 Å². The van der Waals surface area contributed by atoms with Crippen LogP contribution in [0.25, 0.3) is 9.88 Å². The van der Waals surface area contributed by atoms with E-state index in [1.807, 2.05) is 37.6 Å². The molecule has 3 rings (SSSR count). The highest BCUT2D eigenvalue weighted by molar-refractivity contribution is 7.20. The van der Waals surface area contributed by atoms with Crippen LogP contribution in [0.2, 0.25) is 0 Å². The Morgan fingerprint density at radius 1 is 1.41 bits per heavy atom. The van der Waals surface area contributed by atoms with Gasteiger partial charge in [-0.2, -0.15) is 5.10 Å². The number of amides is 1. The molecule has 0 saturated carbocycles. The summed E-state index contributed by atoms with van der Waals surface area (Å²) < 4.78 is 1.78. The number of thiazole rings is 1. The smallest absolute Gasteiger partial charge is 0.271 e. The third-order valence-corrected chi connectivity index (χ3v) is 5.28. The molecule has 0 spiro atoms. The molecule has 1 amide bonds. The van der Waals surface area contributed by atoms with Crippen molar-refractivity contribution in [3.05, 3.63) is 46.5 Å². The van der Waals surface area contributed by atoms with Gasteiger partial charge >= 0.3 is 0 Å². The van der Waals surface area contributed by atoms with Crippen molar-refractivity contribution in [1.82, 2.24) is 20.1 Å². The number of aryl methyl sites for hydroxylation is 1. The van der Waals surface area contributed by atoms with Crippen molar-refractivity contribution in [1.29, 1.82) is 0 Å². The van der Waals surface area contributed by atoms with Gasteiger partial charge in [-0.05, 0) is 23.9 Å². The van der Waals surface area contributed by atoms with Gasteiger partial charge in [-0.25, -0.2) is 4.98 Å². The van der Waals surface area contributed by atoms with Crippen LogP contribution in [0.3, 0.4) is 0 Å². The van der Waals surface area contributed by atoms with Gasteiger partial charge in [0.25, 0.3) is 5.91 Å². The molecule has 3 aromatic heterocycles. The van der Waals surface area contributed by atoms with Gasteiger partial charge in [0.15, 0.2) is 0 Å². The highest BCUT2D eigenvalue weighted by Gasteiger charge is 2.19. The van der Waals surface area contributed by atoms with Gasteiger partial charge in [0.2, 0.25) is 0 Å². The summed E-state index contributed by atoms with van der Waals surface area (Å²) in [6.45, 7) is 2.04. The number of carbonyl (C=O) groups excluding carboxylic acids is 1. The normalized spacial score (nSPS) is 12.3. The van der Waals surface area contributed by atoms with E-state index < -0.39 is 0 Å². The Morgan fingerprint density at radius 2 is 2.27 bits per heavy atom. The first-order valence-corrected chi connectivity index (χ1v) is 8.73. The first-order chi connectivity index (χ1) is 10.7. The Hall–Kier alpha value is -1.99. The lowest BCUT2D eigenvalue weighted by molar-refractivity contribution is 0.0929. The number of rotatable bonds is 5. The molecule has 0 fully saturated rings. The maximum Gasteiger partial charge on any atom is 0.271 e. The maximum atomic E-state index is 12.4. The van der Waals surface area contributed by atoms with Crippen molar-refractivity contribution in [2.45, 2.75) is 19.4 Å². The van der Waals surface area contributed by atoms with E-state index in [0.717, 1.165) is 22.0 Å². The lowest BCUT2D eigenvalue weighted by Crippen LogP contribution is -2.29. The number of hydrogen-bond donors (Lipinski definition) is 1. The van der Waals surface area contributed by atoms with Crippen LogP contribution in [-0.4, -0.2) is 20.7 Å². The van der Waals surface area contributed by atoms with Crippen molar-refractivity contribution in [3.63, 3.8) is 0 Å². The first kappa shape index (κ1) is 14.9. The van der Waals surface area contributed by atoms with Crippen LogP contribution in [0.5, 0.6) is 0 Å². The van der Waals surface area contributed by atoms with Gasteiger partial charge in [0, 0.05) is 18.6 Å². The van der Waals surface area contributed by atoms with Gasteiger partial charge in [-0.3, -0.25) is 9.48 Å². The summed E-state index contributed by atoms with van der Waals surface area (Å²) in [7, 11) is 1.88. The monoisotopic (exact) mass is 332 g/mol. The van der Waals surface area contributed by atoms with E-state index in [1.54, 1.807) is 27.6 Å². The van der Waals surface area contributed by atoms with Crippen LogP contribution in [0.4, 0.5) is 0 Å². The van der Waals surface area contributed by atoms with Crippen LogP contribution in [0.1, 0.15) is 35.6 Å². The number of nitrogens with zero attached hydrogens (tertiary/aromatic N) is 3. The van der Waals surface area contributed by atoms with Gasteiger partial charge in [0.1, 0.15) is 10.7 Å². The molecule has 3 aromatic rings. The van der Waals surface area contributed by atoms with Gasteiger partial charge in [-0.1, -0.05) is 13.0 Å². The fraction of sp³-hybridized carbons (Fsp3) is 0.267. The third-order valence-electron chi connectivity index (χ3n) is 3.40. The Morgan fingerprint density at radius 3 is 2.91 bits per heavy atom. The molecule has 0 saturated heterocycles. The van der Waals surface area contributed by atoms with E-state index in [4.69, 9.17) is 0 Å². The molecule has 1 N–H and O–H groups in total. The molecule has 0 aliphatic rings. The SMILES string of the molecule is CC[C@H](NC(=O)c1csc(-c2cccs2)n1)c1ccnn1C. The number of nitrogens with one attached hydrogen (secondary N) is 1. The molecule has 0 aliphatic carbocycles. The summed E-state index contributed by atoms with van der Waals surface area (Å²) in [6.07, 6.45) is 2.54. The minimum absolute atomic E-state index is 0.0631. The van der Waals surface area contributed by atoms with E-state index >= 15 is 0 Å². The molecule has 5 nitrogen and oxygen atoms in total. The second kappa shape index (κ2) is 6.41. The van der Waals surface area contributed by atoms with Crippen molar-refractivity contribution >= 4 is 28.6 Å². The molecular formula is C15H16N4OS2. The second-order valence-electron chi connectivity index (χ2n) is 4.83. The van der Waals surface area contributed by atoms with E-state index in [2.05, 4.69) is 15.4 Å². The minimum Gasteiger partial charge on any atom is -0.342 e. The molecular weight excluding hydrogens is 316 g/mol. The second-order valence-corrected chi connectivity index (χ2v) is 6.63. The Balaban J connectivity index is 1.75. The van der Waals surface area contributed by atoms with E-state index in [1.165, 1.54) is 11.3 Å². The summed E-state index contributed by atoms with van der Waals surface area (Å²) >= 11 is 3.12. The zero-order valence-corrected chi connectivity index (χ0v) is 13.9. The standard InChI is InChI=1S/C15H16N4OS2/c1-3-10(12-6-7-16-19(12)2)17-14(20)11-9-22-15(18-11)13-5-4-8-21-13/h4-10H,3H2,1-2H3,(H,17,20)/t10-/m0/s1. The molecule has 0 unspecified atom stereocenters. The average Bonchev–Trinajstić information content (AvgIpc) is 3.24. The first-order valence-electron chi connectivity index (χ1n) is 6.97. The molecule has 0 aromatic carbocycles. The fourth-order valence-corrected chi connectivity index (χ4v) is 3.85. The fourth-order valence-electron chi connectivity index (χ4n) is 2.23. The summed E-state index contributed by atoms with van der Waals surface area (Å²) in [5.41, 5.74) is 1.46. The average molecular weight is 332 g/mol. The topological polar surface area (TPSA) is 59.8 Å². The largest absolute Gasteiger partial charge is 0.342 e. The lowest BCUT2D eigenvalue weighted by Gasteiger charge is -2.16. The minimum atomic E-state index is -0.146. The zero-order valence-electron chi connectivity index (χ0n) is 12.3. The summed E-state index contributed by atoms with van der Waals surface area (Å²) in [4.78, 5) is 17.9.